The van der Waals surface area contributed by atoms with Crippen LogP contribution in [-0.2, 0) is 26.2 Å². The van der Waals surface area contributed by atoms with Crippen LogP contribution in [0.25, 0.3) is 0 Å². The van der Waals surface area contributed by atoms with E-state index < -0.39 is 0 Å². The van der Waals surface area contributed by atoms with Crippen molar-refractivity contribution in [2.45, 2.75) is 0 Å². The van der Waals surface area contributed by atoms with Gasteiger partial charge in [-0.2, -0.15) is 49.2 Å². The number of hydrogen-bond acceptors (Lipinski definition) is 0. The minimum absolute atomic E-state index is 0. The van der Waals surface area contributed by atoms with Crippen LogP contribution in [0.15, 0.2) is 60.7 Å². The van der Waals surface area contributed by atoms with Gasteiger partial charge in [0, 0.05) is 0 Å². The van der Waals surface area contributed by atoms with Gasteiger partial charge < -0.3 is 0 Å². The van der Waals surface area contributed by atoms with Crippen molar-refractivity contribution in [1.29, 1.82) is 0 Å². The third-order valence-corrected chi connectivity index (χ3v) is 2.80. The molecule has 25 heavy (non-hydrogen) atoms. The summed E-state index contributed by atoms with van der Waals surface area (Å²) >= 11 is 0. The molecule has 2 aromatic rings. The van der Waals surface area contributed by atoms with Gasteiger partial charge in [0.1, 0.15) is 0 Å². The van der Waals surface area contributed by atoms with Crippen LogP contribution in [0.4, 0.5) is 0 Å². The van der Waals surface area contributed by atoms with Crippen LogP contribution in [0.5, 0.6) is 0 Å². The zero-order chi connectivity index (χ0) is 17.3. The monoisotopic (exact) mass is 402 g/mol. The predicted octanol–water partition coefficient (Wildman–Crippen LogP) is 5.78. The molecule has 4 rings (SSSR count). The molecule has 0 heterocycles. The molecule has 0 amide bonds. The van der Waals surface area contributed by atoms with Gasteiger partial charge in [0.2, 0.25) is 0 Å². The molecule has 122 valence electrons. The Morgan fingerprint density at radius 2 is 0.560 bits per heavy atom. The Kier molecular flexibility index (Phi) is 17.2. The molecule has 2 saturated carbocycles. The zero-order valence-electron chi connectivity index (χ0n) is 14.5. The van der Waals surface area contributed by atoms with Gasteiger partial charge in [-0.3, -0.25) is 0 Å². The van der Waals surface area contributed by atoms with E-state index in [2.05, 4.69) is 13.8 Å². The summed E-state index contributed by atoms with van der Waals surface area (Å²) < 4.78 is 0. The molecule has 2 fully saturated rings. The van der Waals surface area contributed by atoms with Gasteiger partial charge in [0.05, 0.1) is 0 Å². The molecule has 0 nitrogen and oxygen atoms in total. The normalized spacial score (nSPS) is 14.4. The Bertz CT molecular complexity index is 407. The standard InChI is InChI=1S/2C7H7.2C5H5.Zr/c2*1-7-5-3-2-4-6-7;2*1-2-4-5-3-1;/h2*2-6H,1H2;2*1-5H;/q2*-1;;;+4. The Morgan fingerprint density at radius 3 is 0.680 bits per heavy atom. The summed E-state index contributed by atoms with van der Waals surface area (Å²) in [4.78, 5) is 0. The van der Waals surface area contributed by atoms with Crippen molar-refractivity contribution in [1.82, 2.24) is 0 Å². The SMILES string of the molecule is [CH2-]c1ccccc1.[CH2-]c1ccccc1.[CH]1[CH][CH][CH][CH]1.[CH]1[CH][CH][CH][CH]1.[Zr+4]. The van der Waals surface area contributed by atoms with E-state index >= 15 is 0 Å². The molecule has 0 aromatic heterocycles. The van der Waals surface area contributed by atoms with E-state index in [-0.39, 0.29) is 26.2 Å². The minimum Gasteiger partial charge on any atom is -0.199 e. The van der Waals surface area contributed by atoms with Crippen LogP contribution in [0.3, 0.4) is 0 Å². The Morgan fingerprint density at radius 1 is 0.360 bits per heavy atom. The van der Waals surface area contributed by atoms with Crippen LogP contribution >= 0.6 is 0 Å². The summed E-state index contributed by atoms with van der Waals surface area (Å²) in [6.07, 6.45) is 20.0. The smallest absolute Gasteiger partial charge is 0.199 e. The molecule has 0 atom stereocenters. The van der Waals surface area contributed by atoms with E-state index in [0.29, 0.717) is 0 Å². The Hall–Kier alpha value is -0.937. The van der Waals surface area contributed by atoms with Crippen LogP contribution in [0, 0.1) is 78.1 Å². The molecule has 0 N–H and O–H groups in total. The summed E-state index contributed by atoms with van der Waals surface area (Å²) in [5.74, 6) is 0. The van der Waals surface area contributed by atoms with Crippen LogP contribution in [-0.4, -0.2) is 0 Å². The van der Waals surface area contributed by atoms with E-state index in [4.69, 9.17) is 0 Å². The van der Waals surface area contributed by atoms with Crippen molar-refractivity contribution in [3.05, 3.63) is 150 Å². The number of benzene rings is 2. The van der Waals surface area contributed by atoms with Crippen molar-refractivity contribution < 1.29 is 26.2 Å². The van der Waals surface area contributed by atoms with Crippen LogP contribution < -0.4 is 0 Å². The van der Waals surface area contributed by atoms with E-state index in [1.165, 1.54) is 0 Å². The average molecular weight is 404 g/mol. The fourth-order valence-corrected chi connectivity index (χ4v) is 1.60. The van der Waals surface area contributed by atoms with Crippen molar-refractivity contribution in [3.63, 3.8) is 0 Å². The van der Waals surface area contributed by atoms with E-state index in [1.54, 1.807) is 0 Å². The van der Waals surface area contributed by atoms with Crippen molar-refractivity contribution >= 4 is 0 Å². The summed E-state index contributed by atoms with van der Waals surface area (Å²) in [6, 6.07) is 19.7. The maximum Gasteiger partial charge on any atom is 4.00 e. The third-order valence-electron chi connectivity index (χ3n) is 2.80. The number of hydrogen-bond donors (Lipinski definition) is 0. The first-order chi connectivity index (χ1) is 11.8. The van der Waals surface area contributed by atoms with Gasteiger partial charge in [-0.05, 0) is 64.2 Å². The molecule has 2 aliphatic rings. The predicted molar refractivity (Wildman–Crippen MR) is 105 cm³/mol. The summed E-state index contributed by atoms with van der Waals surface area (Å²) in [5.41, 5.74) is 2.14. The second kappa shape index (κ2) is 17.9. The van der Waals surface area contributed by atoms with E-state index in [0.717, 1.165) is 11.1 Å². The Balaban J connectivity index is 0.000000307. The molecule has 0 aliphatic heterocycles. The fraction of sp³-hybridized carbons (Fsp3) is 0. The number of rotatable bonds is 0. The van der Waals surface area contributed by atoms with Crippen molar-refractivity contribution in [2.75, 3.05) is 0 Å². The molecule has 10 radical (unpaired) electrons. The molecule has 2 aliphatic carbocycles. The Labute approximate surface area is 175 Å². The third kappa shape index (κ3) is 16.3. The molecule has 0 saturated heterocycles. The molecule has 0 unspecified atom stereocenters. The molecule has 1 heteroatoms. The summed E-state index contributed by atoms with van der Waals surface area (Å²) in [6.45, 7) is 7.44. The maximum atomic E-state index is 3.72. The van der Waals surface area contributed by atoms with Gasteiger partial charge in [-0.1, -0.05) is 12.1 Å². The first kappa shape index (κ1) is 24.1. The fourth-order valence-electron chi connectivity index (χ4n) is 1.60. The van der Waals surface area contributed by atoms with Gasteiger partial charge in [0.15, 0.2) is 0 Å². The molecule has 2 aromatic carbocycles. The van der Waals surface area contributed by atoms with Crippen LogP contribution in [0.1, 0.15) is 11.1 Å². The zero-order valence-corrected chi connectivity index (χ0v) is 16.9. The second-order valence-electron chi connectivity index (χ2n) is 4.90. The van der Waals surface area contributed by atoms with Gasteiger partial charge in [0.25, 0.3) is 0 Å². The van der Waals surface area contributed by atoms with Gasteiger partial charge in [-0.15, -0.1) is 24.3 Å². The van der Waals surface area contributed by atoms with Crippen molar-refractivity contribution in [2.24, 2.45) is 0 Å². The topological polar surface area (TPSA) is 0 Å². The average Bonchev–Trinajstić information content (AvgIpc) is 3.36. The molecule has 0 spiro atoms. The van der Waals surface area contributed by atoms with Crippen LogP contribution in [0.2, 0.25) is 0 Å². The van der Waals surface area contributed by atoms with Gasteiger partial charge >= 0.3 is 26.2 Å². The molecule has 0 bridgehead atoms. The van der Waals surface area contributed by atoms with E-state index in [9.17, 15) is 0 Å². The minimum atomic E-state index is 0. The van der Waals surface area contributed by atoms with Crippen molar-refractivity contribution in [3.8, 4) is 0 Å². The molecular weight excluding hydrogens is 379 g/mol. The van der Waals surface area contributed by atoms with E-state index in [1.807, 2.05) is 125 Å². The maximum absolute atomic E-state index is 3.72. The summed E-state index contributed by atoms with van der Waals surface area (Å²) in [7, 11) is 0. The van der Waals surface area contributed by atoms with Gasteiger partial charge in [-0.25, -0.2) is 0 Å². The first-order valence-electron chi connectivity index (χ1n) is 7.86. The largest absolute Gasteiger partial charge is 4.00 e. The first-order valence-corrected chi connectivity index (χ1v) is 7.86. The summed E-state index contributed by atoms with van der Waals surface area (Å²) in [5, 5.41) is 0. The molecular formula is C24H24Zr+2. The second-order valence-corrected chi connectivity index (χ2v) is 4.90. The quantitative estimate of drug-likeness (QED) is 0.489.